The molecular formula is C29H35N5O7. The van der Waals surface area contributed by atoms with Crippen LogP contribution in [0.1, 0.15) is 31.4 Å². The maximum atomic E-state index is 13.4. The second-order valence-electron chi connectivity index (χ2n) is 10.1. The van der Waals surface area contributed by atoms with E-state index in [0.29, 0.717) is 11.1 Å². The Kier molecular flexibility index (Phi) is 10.6. The fourth-order valence-electron chi connectivity index (χ4n) is 4.28. The van der Waals surface area contributed by atoms with Crippen molar-refractivity contribution in [3.05, 3.63) is 71.9 Å². The molecule has 3 amide bonds. The van der Waals surface area contributed by atoms with Gasteiger partial charge in [0.25, 0.3) is 0 Å². The number of H-pyrrole nitrogens is 1. The molecule has 3 rings (SSSR count). The molecule has 4 unspecified atom stereocenters. The van der Waals surface area contributed by atoms with Crippen molar-refractivity contribution in [1.29, 1.82) is 0 Å². The van der Waals surface area contributed by atoms with Gasteiger partial charge in [0.15, 0.2) is 0 Å². The smallest absolute Gasteiger partial charge is 0.326 e. The van der Waals surface area contributed by atoms with Crippen molar-refractivity contribution >= 4 is 40.6 Å². The number of aliphatic carboxylic acids is 2. The van der Waals surface area contributed by atoms with Crippen LogP contribution < -0.4 is 21.7 Å². The van der Waals surface area contributed by atoms with E-state index in [9.17, 15) is 34.2 Å². The summed E-state index contributed by atoms with van der Waals surface area (Å²) in [5.41, 5.74) is 8.01. The number of para-hydroxylation sites is 1. The summed E-state index contributed by atoms with van der Waals surface area (Å²) in [4.78, 5) is 65.8. The van der Waals surface area contributed by atoms with E-state index >= 15 is 0 Å². The zero-order valence-corrected chi connectivity index (χ0v) is 22.8. The molecule has 1 heterocycles. The van der Waals surface area contributed by atoms with Gasteiger partial charge in [0.2, 0.25) is 17.7 Å². The summed E-state index contributed by atoms with van der Waals surface area (Å²) in [6.07, 6.45) is 0.885. The van der Waals surface area contributed by atoms with Crippen LogP contribution in [0.3, 0.4) is 0 Å². The zero-order chi connectivity index (χ0) is 30.1. The van der Waals surface area contributed by atoms with Crippen LogP contribution in [-0.2, 0) is 36.8 Å². The number of aromatic nitrogens is 1. The van der Waals surface area contributed by atoms with Crippen LogP contribution in [0.4, 0.5) is 0 Å². The Morgan fingerprint density at radius 1 is 0.780 bits per heavy atom. The molecule has 0 bridgehead atoms. The van der Waals surface area contributed by atoms with Gasteiger partial charge >= 0.3 is 11.9 Å². The molecule has 12 heteroatoms. The number of aromatic amines is 1. The van der Waals surface area contributed by atoms with Crippen LogP contribution in [0.15, 0.2) is 60.8 Å². The molecule has 8 N–H and O–H groups in total. The number of carbonyl (C=O) groups excluding carboxylic acids is 3. The summed E-state index contributed by atoms with van der Waals surface area (Å²) >= 11 is 0. The number of rotatable bonds is 14. The summed E-state index contributed by atoms with van der Waals surface area (Å²) < 4.78 is 0. The lowest BCUT2D eigenvalue weighted by atomic mass is 10.0. The highest BCUT2D eigenvalue weighted by Crippen LogP contribution is 2.19. The monoisotopic (exact) mass is 565 g/mol. The van der Waals surface area contributed by atoms with E-state index in [0.717, 1.165) is 10.9 Å². The number of fused-ring (bicyclic) bond motifs is 1. The molecule has 0 spiro atoms. The molecule has 3 aromatic rings. The van der Waals surface area contributed by atoms with Gasteiger partial charge in [-0.1, -0.05) is 62.4 Å². The Hall–Kier alpha value is -4.71. The molecule has 0 aliphatic carbocycles. The molecular weight excluding hydrogens is 530 g/mol. The van der Waals surface area contributed by atoms with E-state index in [-0.39, 0.29) is 18.8 Å². The molecule has 2 aromatic carbocycles. The lowest BCUT2D eigenvalue weighted by Gasteiger charge is -2.25. The van der Waals surface area contributed by atoms with Crippen molar-refractivity contribution in [1.82, 2.24) is 20.9 Å². The summed E-state index contributed by atoms with van der Waals surface area (Å²) in [7, 11) is 0. The molecule has 0 saturated heterocycles. The zero-order valence-electron chi connectivity index (χ0n) is 22.8. The molecule has 0 aliphatic heterocycles. The van der Waals surface area contributed by atoms with Crippen LogP contribution in [0.25, 0.3) is 10.9 Å². The summed E-state index contributed by atoms with van der Waals surface area (Å²) in [6.45, 7) is 3.40. The predicted octanol–water partition coefficient (Wildman–Crippen LogP) is 0.950. The number of hydrogen-bond acceptors (Lipinski definition) is 6. The molecule has 41 heavy (non-hydrogen) atoms. The Morgan fingerprint density at radius 3 is 2.00 bits per heavy atom. The Balaban J connectivity index is 1.82. The van der Waals surface area contributed by atoms with Gasteiger partial charge in [0.1, 0.15) is 18.1 Å². The number of nitrogens with one attached hydrogen (secondary N) is 4. The number of benzene rings is 2. The molecule has 218 valence electrons. The third-order valence-electron chi connectivity index (χ3n) is 6.66. The van der Waals surface area contributed by atoms with Crippen LogP contribution in [0, 0.1) is 5.92 Å². The van der Waals surface area contributed by atoms with E-state index in [1.165, 1.54) is 0 Å². The topological polar surface area (TPSA) is 204 Å². The van der Waals surface area contributed by atoms with Crippen molar-refractivity contribution in [3.63, 3.8) is 0 Å². The van der Waals surface area contributed by atoms with Crippen LogP contribution in [0.2, 0.25) is 0 Å². The van der Waals surface area contributed by atoms with Gasteiger partial charge < -0.3 is 36.9 Å². The summed E-state index contributed by atoms with van der Waals surface area (Å²) in [5, 5.41) is 27.4. The lowest BCUT2D eigenvalue weighted by molar-refractivity contribution is -0.143. The van der Waals surface area contributed by atoms with E-state index < -0.39 is 60.2 Å². The van der Waals surface area contributed by atoms with Gasteiger partial charge in [0, 0.05) is 29.9 Å². The van der Waals surface area contributed by atoms with Gasteiger partial charge in [-0.05, 0) is 23.1 Å². The van der Waals surface area contributed by atoms with Crippen molar-refractivity contribution in [2.75, 3.05) is 0 Å². The number of carboxylic acid groups (broad SMARTS) is 2. The quantitative estimate of drug-likeness (QED) is 0.150. The largest absolute Gasteiger partial charge is 0.481 e. The minimum Gasteiger partial charge on any atom is -0.481 e. The van der Waals surface area contributed by atoms with E-state index in [2.05, 4.69) is 20.9 Å². The highest BCUT2D eigenvalue weighted by atomic mass is 16.4. The fourth-order valence-corrected chi connectivity index (χ4v) is 4.28. The average molecular weight is 566 g/mol. The van der Waals surface area contributed by atoms with E-state index in [1.54, 1.807) is 50.4 Å². The highest BCUT2D eigenvalue weighted by molar-refractivity contribution is 5.96. The summed E-state index contributed by atoms with van der Waals surface area (Å²) in [5.74, 6) is -5.31. The Bertz CT molecular complexity index is 1390. The minimum absolute atomic E-state index is 0.0168. The molecule has 1 aromatic heterocycles. The Morgan fingerprint density at radius 2 is 1.37 bits per heavy atom. The first-order chi connectivity index (χ1) is 19.5. The fraction of sp³-hybridized carbons (Fsp3) is 0.345. The SMILES string of the molecule is CC(C)C(N)C(=O)NC(CC(=O)O)C(=O)NC(Cc1ccccc1)C(=O)NC(Cc1c[nH]c2ccccc12)C(=O)O. The van der Waals surface area contributed by atoms with Gasteiger partial charge in [-0.2, -0.15) is 0 Å². The van der Waals surface area contributed by atoms with Gasteiger partial charge in [0.05, 0.1) is 12.5 Å². The average Bonchev–Trinajstić information content (AvgIpc) is 3.34. The lowest BCUT2D eigenvalue weighted by Crippen LogP contribution is -2.58. The van der Waals surface area contributed by atoms with Crippen molar-refractivity contribution in [2.45, 2.75) is 57.3 Å². The second-order valence-corrected chi connectivity index (χ2v) is 10.1. The maximum absolute atomic E-state index is 13.4. The third-order valence-corrected chi connectivity index (χ3v) is 6.66. The normalized spacial score (nSPS) is 14.0. The first-order valence-electron chi connectivity index (χ1n) is 13.2. The van der Waals surface area contributed by atoms with Crippen LogP contribution >= 0.6 is 0 Å². The number of carbonyl (C=O) groups is 5. The maximum Gasteiger partial charge on any atom is 0.326 e. The molecule has 0 fully saturated rings. The van der Waals surface area contributed by atoms with Crippen LogP contribution in [-0.4, -0.2) is 69.0 Å². The first-order valence-corrected chi connectivity index (χ1v) is 13.2. The van der Waals surface area contributed by atoms with E-state index in [1.807, 2.05) is 24.3 Å². The second kappa shape index (κ2) is 14.1. The van der Waals surface area contributed by atoms with Crippen molar-refractivity contribution in [2.24, 2.45) is 11.7 Å². The standard InChI is InChI=1S/C29H35N5O7/c1-16(2)25(30)28(39)33-22(14-24(35)36)27(38)32-21(12-17-8-4-3-5-9-17)26(37)34-23(29(40)41)13-18-15-31-20-11-7-6-10-19(18)20/h3-11,15-16,21-23,25,31H,12-14,30H2,1-2H3,(H,32,38)(H,33,39)(H,34,37)(H,35,36)(H,40,41). The third kappa shape index (κ3) is 8.64. The van der Waals surface area contributed by atoms with E-state index in [4.69, 9.17) is 5.73 Å². The molecule has 0 radical (unpaired) electrons. The van der Waals surface area contributed by atoms with Crippen LogP contribution in [0.5, 0.6) is 0 Å². The van der Waals surface area contributed by atoms with Gasteiger partial charge in [-0.25, -0.2) is 4.79 Å². The Labute approximate surface area is 236 Å². The summed E-state index contributed by atoms with van der Waals surface area (Å²) in [6, 6.07) is 10.9. The number of nitrogens with two attached hydrogens (primary N) is 1. The predicted molar refractivity (Wildman–Crippen MR) is 151 cm³/mol. The first kappa shape index (κ1) is 30.8. The number of hydrogen-bond donors (Lipinski definition) is 7. The molecule has 12 nitrogen and oxygen atoms in total. The highest BCUT2D eigenvalue weighted by Gasteiger charge is 2.32. The molecule has 0 aliphatic rings. The van der Waals surface area contributed by atoms with Crippen molar-refractivity contribution in [3.8, 4) is 0 Å². The van der Waals surface area contributed by atoms with Crippen molar-refractivity contribution < 1.29 is 34.2 Å². The number of amides is 3. The minimum atomic E-state index is -1.52. The molecule has 0 saturated carbocycles. The van der Waals surface area contributed by atoms with Gasteiger partial charge in [-0.15, -0.1) is 0 Å². The molecule has 4 atom stereocenters. The van der Waals surface area contributed by atoms with Gasteiger partial charge in [-0.3, -0.25) is 19.2 Å². The number of carboxylic acids is 2.